The number of piperazine rings is 1. The first kappa shape index (κ1) is 20.5. The molecule has 3 heterocycles. The Morgan fingerprint density at radius 1 is 1.00 bits per heavy atom. The maximum atomic E-state index is 9.10. The first-order valence-electron chi connectivity index (χ1n) is 9.96. The number of β-amino-alcohol motifs (C(OH)–C–C–N with tert-alkyl or cyclic N) is 1. The molecule has 0 unspecified atom stereocenters. The zero-order chi connectivity index (χ0) is 20.8. The van der Waals surface area contributed by atoms with E-state index in [0.717, 1.165) is 41.8 Å². The van der Waals surface area contributed by atoms with Crippen molar-refractivity contribution < 1.29 is 5.11 Å². The Morgan fingerprint density at radius 2 is 1.80 bits per heavy atom. The summed E-state index contributed by atoms with van der Waals surface area (Å²) in [6.45, 7) is 6.24. The van der Waals surface area contributed by atoms with Gasteiger partial charge in [-0.25, -0.2) is 4.98 Å². The summed E-state index contributed by atoms with van der Waals surface area (Å²) in [4.78, 5) is 23.5. The fourth-order valence-electron chi connectivity index (χ4n) is 3.24. The highest BCUT2D eigenvalue weighted by atomic mass is 32.2. The van der Waals surface area contributed by atoms with Gasteiger partial charge in [-0.15, -0.1) is 0 Å². The summed E-state index contributed by atoms with van der Waals surface area (Å²) in [6, 6.07) is 14.0. The van der Waals surface area contributed by atoms with Crippen molar-refractivity contribution in [2.45, 2.75) is 16.8 Å². The number of aryl methyl sites for hydroxylation is 1. The van der Waals surface area contributed by atoms with Gasteiger partial charge in [0.1, 0.15) is 10.9 Å². The lowest BCUT2D eigenvalue weighted by atomic mass is 10.3. The van der Waals surface area contributed by atoms with E-state index < -0.39 is 0 Å². The monoisotopic (exact) mass is 423 g/mol. The number of pyridine rings is 1. The van der Waals surface area contributed by atoms with Gasteiger partial charge in [0.05, 0.1) is 6.61 Å². The number of aliphatic hydroxyl groups excluding tert-OH is 1. The molecule has 30 heavy (non-hydrogen) atoms. The molecule has 9 heteroatoms. The second-order valence-electron chi connectivity index (χ2n) is 6.98. The van der Waals surface area contributed by atoms with Crippen molar-refractivity contribution in [3.05, 3.63) is 54.5 Å². The van der Waals surface area contributed by atoms with E-state index >= 15 is 0 Å². The summed E-state index contributed by atoms with van der Waals surface area (Å²) < 4.78 is 0. The van der Waals surface area contributed by atoms with Crippen LogP contribution in [0.15, 0.2) is 58.6 Å². The first-order chi connectivity index (χ1) is 14.7. The molecular formula is C21H25N7OS. The predicted molar refractivity (Wildman–Crippen MR) is 118 cm³/mol. The summed E-state index contributed by atoms with van der Waals surface area (Å²) in [5.74, 6) is 1.92. The molecule has 0 atom stereocenters. The smallest absolute Gasteiger partial charge is 0.232 e. The van der Waals surface area contributed by atoms with Crippen LogP contribution >= 0.6 is 11.8 Å². The van der Waals surface area contributed by atoms with Gasteiger partial charge in [-0.2, -0.15) is 15.0 Å². The number of aliphatic hydroxyl groups is 1. The molecule has 0 radical (unpaired) electrons. The number of nitrogens with zero attached hydrogens (tertiary/aromatic N) is 6. The number of nitrogens with one attached hydrogen (secondary N) is 1. The molecule has 3 aromatic rings. The van der Waals surface area contributed by atoms with Crippen LogP contribution in [0, 0.1) is 6.92 Å². The molecule has 0 bridgehead atoms. The number of benzene rings is 1. The molecule has 8 nitrogen and oxygen atoms in total. The summed E-state index contributed by atoms with van der Waals surface area (Å²) in [5, 5.41) is 13.4. The summed E-state index contributed by atoms with van der Waals surface area (Å²) in [7, 11) is 0. The van der Waals surface area contributed by atoms with Crippen LogP contribution in [0.3, 0.4) is 0 Å². The van der Waals surface area contributed by atoms with Crippen molar-refractivity contribution in [1.82, 2.24) is 24.8 Å². The van der Waals surface area contributed by atoms with Gasteiger partial charge in [-0.3, -0.25) is 4.90 Å². The molecule has 2 aromatic heterocycles. The average Bonchev–Trinajstić information content (AvgIpc) is 2.76. The fourth-order valence-corrected chi connectivity index (χ4v) is 4.02. The van der Waals surface area contributed by atoms with E-state index in [0.29, 0.717) is 24.3 Å². The number of hydrogen-bond acceptors (Lipinski definition) is 9. The van der Waals surface area contributed by atoms with E-state index in [1.165, 1.54) is 0 Å². The third-order valence-corrected chi connectivity index (χ3v) is 5.74. The van der Waals surface area contributed by atoms with E-state index in [1.807, 2.05) is 37.3 Å². The lowest BCUT2D eigenvalue weighted by Crippen LogP contribution is -2.47. The Bertz CT molecular complexity index is 947. The van der Waals surface area contributed by atoms with Crippen molar-refractivity contribution in [2.24, 2.45) is 0 Å². The van der Waals surface area contributed by atoms with E-state index in [4.69, 9.17) is 5.11 Å². The molecule has 1 saturated heterocycles. The number of aromatic nitrogens is 4. The topological polar surface area (TPSA) is 90.3 Å². The quantitative estimate of drug-likeness (QED) is 0.595. The van der Waals surface area contributed by atoms with Gasteiger partial charge in [0.2, 0.25) is 11.9 Å². The number of anilines is 3. The van der Waals surface area contributed by atoms with Crippen LogP contribution < -0.4 is 10.2 Å². The van der Waals surface area contributed by atoms with Gasteiger partial charge >= 0.3 is 0 Å². The Morgan fingerprint density at radius 3 is 2.50 bits per heavy atom. The SMILES string of the molecule is Cc1nc(Nc2ccc(Sc3ccccn3)cc2)nc(N2CCN(CCO)CC2)n1. The second-order valence-corrected chi connectivity index (χ2v) is 8.07. The molecule has 0 aliphatic carbocycles. The van der Waals surface area contributed by atoms with Gasteiger partial charge in [-0.05, 0) is 43.3 Å². The van der Waals surface area contributed by atoms with Crippen molar-refractivity contribution in [1.29, 1.82) is 0 Å². The molecule has 1 fully saturated rings. The van der Waals surface area contributed by atoms with Crippen LogP contribution in [-0.4, -0.2) is 69.3 Å². The highest BCUT2D eigenvalue weighted by Crippen LogP contribution is 2.27. The maximum Gasteiger partial charge on any atom is 0.232 e. The molecule has 0 spiro atoms. The van der Waals surface area contributed by atoms with E-state index in [1.54, 1.807) is 18.0 Å². The van der Waals surface area contributed by atoms with Crippen LogP contribution in [0.5, 0.6) is 0 Å². The standard InChI is InChI=1S/C21H25N7OS/c1-16-23-20(26-21(24-16)28-12-10-27(11-13-28)14-15-29)25-17-5-7-18(8-6-17)30-19-4-2-3-9-22-19/h2-9,29H,10-15H2,1H3,(H,23,24,25,26). The summed E-state index contributed by atoms with van der Waals surface area (Å²) in [5.41, 5.74) is 0.921. The molecule has 1 aliphatic heterocycles. The molecule has 1 aromatic carbocycles. The maximum absolute atomic E-state index is 9.10. The normalized spacial score (nSPS) is 14.7. The summed E-state index contributed by atoms with van der Waals surface area (Å²) >= 11 is 1.62. The Hall–Kier alpha value is -2.75. The van der Waals surface area contributed by atoms with E-state index in [-0.39, 0.29) is 6.61 Å². The minimum absolute atomic E-state index is 0.193. The first-order valence-corrected chi connectivity index (χ1v) is 10.8. The number of rotatable bonds is 7. The summed E-state index contributed by atoms with van der Waals surface area (Å²) in [6.07, 6.45) is 1.80. The highest BCUT2D eigenvalue weighted by Gasteiger charge is 2.19. The largest absolute Gasteiger partial charge is 0.395 e. The molecule has 0 amide bonds. The average molecular weight is 424 g/mol. The highest BCUT2D eigenvalue weighted by molar-refractivity contribution is 7.99. The van der Waals surface area contributed by atoms with Gasteiger partial charge < -0.3 is 15.3 Å². The lowest BCUT2D eigenvalue weighted by Gasteiger charge is -2.34. The van der Waals surface area contributed by atoms with Gasteiger partial charge in [-0.1, -0.05) is 17.8 Å². The third-order valence-electron chi connectivity index (χ3n) is 4.78. The van der Waals surface area contributed by atoms with Gasteiger partial charge in [0.15, 0.2) is 0 Å². The Kier molecular flexibility index (Phi) is 6.73. The van der Waals surface area contributed by atoms with Crippen LogP contribution in [0.1, 0.15) is 5.82 Å². The molecule has 1 aliphatic rings. The fraction of sp³-hybridized carbons (Fsp3) is 0.333. The van der Waals surface area contributed by atoms with Crippen LogP contribution in [0.25, 0.3) is 0 Å². The zero-order valence-corrected chi connectivity index (χ0v) is 17.7. The van der Waals surface area contributed by atoms with Crippen LogP contribution in [0.4, 0.5) is 17.6 Å². The van der Waals surface area contributed by atoms with Crippen LogP contribution in [-0.2, 0) is 0 Å². The van der Waals surface area contributed by atoms with Crippen LogP contribution in [0.2, 0.25) is 0 Å². The zero-order valence-electron chi connectivity index (χ0n) is 16.9. The van der Waals surface area contributed by atoms with E-state index in [2.05, 4.69) is 47.2 Å². The van der Waals surface area contributed by atoms with E-state index in [9.17, 15) is 0 Å². The number of hydrogen-bond donors (Lipinski definition) is 2. The molecule has 2 N–H and O–H groups in total. The predicted octanol–water partition coefficient (Wildman–Crippen LogP) is 2.58. The lowest BCUT2D eigenvalue weighted by molar-refractivity contribution is 0.188. The minimum Gasteiger partial charge on any atom is -0.395 e. The Labute approximate surface area is 180 Å². The second kappa shape index (κ2) is 9.84. The Balaban J connectivity index is 1.41. The van der Waals surface area contributed by atoms with Crippen molar-refractivity contribution in [2.75, 3.05) is 49.5 Å². The minimum atomic E-state index is 0.193. The van der Waals surface area contributed by atoms with Gasteiger partial charge in [0, 0.05) is 49.5 Å². The van der Waals surface area contributed by atoms with Crippen molar-refractivity contribution >= 4 is 29.3 Å². The molecular weight excluding hydrogens is 398 g/mol. The molecule has 156 valence electrons. The van der Waals surface area contributed by atoms with Crippen molar-refractivity contribution in [3.8, 4) is 0 Å². The molecule has 0 saturated carbocycles. The molecule has 4 rings (SSSR count). The van der Waals surface area contributed by atoms with Crippen molar-refractivity contribution in [3.63, 3.8) is 0 Å². The van der Waals surface area contributed by atoms with Gasteiger partial charge in [0.25, 0.3) is 0 Å². The third kappa shape index (κ3) is 5.44.